The molecule has 0 spiro atoms. The standard InChI is InChI=1S/C15H10ClFN2O/c1-9-15(19-14-5-3-2-4-13(14)18-9)20-10-6-7-11(16)12(17)8-10/h2-8H,1H3. The Morgan fingerprint density at radius 1 is 1.05 bits per heavy atom. The predicted molar refractivity (Wildman–Crippen MR) is 75.8 cm³/mol. The minimum Gasteiger partial charge on any atom is -0.437 e. The first kappa shape index (κ1) is 12.8. The Labute approximate surface area is 120 Å². The molecule has 0 amide bonds. The molecule has 3 nitrogen and oxygen atoms in total. The van der Waals surface area contributed by atoms with Gasteiger partial charge < -0.3 is 4.74 Å². The maximum atomic E-state index is 13.4. The maximum Gasteiger partial charge on any atom is 0.241 e. The molecule has 1 heterocycles. The van der Waals surface area contributed by atoms with E-state index in [4.69, 9.17) is 16.3 Å². The SMILES string of the molecule is Cc1nc2ccccc2nc1Oc1ccc(Cl)c(F)c1. The minimum absolute atomic E-state index is 0.0543. The maximum absolute atomic E-state index is 13.4. The average Bonchev–Trinajstić information content (AvgIpc) is 2.44. The molecule has 1 aromatic heterocycles. The highest BCUT2D eigenvalue weighted by Crippen LogP contribution is 2.27. The van der Waals surface area contributed by atoms with Gasteiger partial charge >= 0.3 is 0 Å². The highest BCUT2D eigenvalue weighted by molar-refractivity contribution is 6.30. The van der Waals surface area contributed by atoms with Crippen molar-refractivity contribution < 1.29 is 9.13 Å². The molecule has 0 atom stereocenters. The Morgan fingerprint density at radius 2 is 1.75 bits per heavy atom. The Morgan fingerprint density at radius 3 is 2.45 bits per heavy atom. The van der Waals surface area contributed by atoms with E-state index in [0.29, 0.717) is 17.3 Å². The van der Waals surface area contributed by atoms with Crippen LogP contribution < -0.4 is 4.74 Å². The van der Waals surface area contributed by atoms with Gasteiger partial charge in [-0.25, -0.2) is 14.4 Å². The molecule has 3 rings (SSSR count). The van der Waals surface area contributed by atoms with Gasteiger partial charge in [0.05, 0.1) is 16.1 Å². The van der Waals surface area contributed by atoms with Gasteiger partial charge in [0.2, 0.25) is 5.88 Å². The lowest BCUT2D eigenvalue weighted by Crippen LogP contribution is -1.96. The Balaban J connectivity index is 2.01. The quantitative estimate of drug-likeness (QED) is 0.695. The van der Waals surface area contributed by atoms with E-state index in [1.54, 1.807) is 13.0 Å². The zero-order chi connectivity index (χ0) is 14.1. The van der Waals surface area contributed by atoms with E-state index in [-0.39, 0.29) is 5.02 Å². The number of halogens is 2. The van der Waals surface area contributed by atoms with E-state index < -0.39 is 5.82 Å². The molecule has 0 unspecified atom stereocenters. The highest BCUT2D eigenvalue weighted by Gasteiger charge is 2.09. The van der Waals surface area contributed by atoms with Gasteiger partial charge in [-0.05, 0) is 31.2 Å². The number of aryl methyl sites for hydroxylation is 1. The number of ether oxygens (including phenoxy) is 1. The summed E-state index contributed by atoms with van der Waals surface area (Å²) < 4.78 is 19.0. The molecule has 20 heavy (non-hydrogen) atoms. The van der Waals surface area contributed by atoms with E-state index in [1.165, 1.54) is 12.1 Å². The van der Waals surface area contributed by atoms with Crippen molar-refractivity contribution in [3.05, 3.63) is 59.0 Å². The molecular weight excluding hydrogens is 279 g/mol. The van der Waals surface area contributed by atoms with Crippen molar-refractivity contribution in [2.24, 2.45) is 0 Å². The van der Waals surface area contributed by atoms with Crippen LogP contribution in [0.25, 0.3) is 11.0 Å². The summed E-state index contributed by atoms with van der Waals surface area (Å²) in [6.07, 6.45) is 0. The summed E-state index contributed by atoms with van der Waals surface area (Å²) in [7, 11) is 0. The summed E-state index contributed by atoms with van der Waals surface area (Å²) in [5.74, 6) is 0.153. The largest absolute Gasteiger partial charge is 0.437 e. The molecule has 100 valence electrons. The number of fused-ring (bicyclic) bond motifs is 1. The van der Waals surface area contributed by atoms with Crippen molar-refractivity contribution in [2.45, 2.75) is 6.92 Å². The number of rotatable bonds is 2. The van der Waals surface area contributed by atoms with Crippen molar-refractivity contribution in [1.29, 1.82) is 0 Å². The van der Waals surface area contributed by atoms with Crippen LogP contribution in [0.5, 0.6) is 11.6 Å². The zero-order valence-electron chi connectivity index (χ0n) is 10.6. The van der Waals surface area contributed by atoms with Crippen LogP contribution in [0, 0.1) is 12.7 Å². The van der Waals surface area contributed by atoms with Gasteiger partial charge in [0.1, 0.15) is 17.3 Å². The molecule has 3 aromatic rings. The summed E-state index contributed by atoms with van der Waals surface area (Å²) in [6.45, 7) is 1.79. The van der Waals surface area contributed by atoms with E-state index in [1.807, 2.05) is 24.3 Å². The molecule has 0 saturated carbocycles. The lowest BCUT2D eigenvalue weighted by atomic mass is 10.3. The molecule has 0 bridgehead atoms. The second-order valence-electron chi connectivity index (χ2n) is 4.28. The van der Waals surface area contributed by atoms with Gasteiger partial charge in [-0.1, -0.05) is 23.7 Å². The number of aromatic nitrogens is 2. The van der Waals surface area contributed by atoms with Crippen molar-refractivity contribution in [3.63, 3.8) is 0 Å². The third kappa shape index (κ3) is 2.42. The fraction of sp³-hybridized carbons (Fsp3) is 0.0667. The molecular formula is C15H10ClFN2O. The minimum atomic E-state index is -0.532. The normalized spacial score (nSPS) is 10.8. The van der Waals surface area contributed by atoms with E-state index >= 15 is 0 Å². The zero-order valence-corrected chi connectivity index (χ0v) is 11.4. The van der Waals surface area contributed by atoms with Crippen molar-refractivity contribution in [2.75, 3.05) is 0 Å². The van der Waals surface area contributed by atoms with E-state index in [9.17, 15) is 4.39 Å². The number of para-hydroxylation sites is 2. The van der Waals surface area contributed by atoms with Gasteiger partial charge in [-0.2, -0.15) is 0 Å². The molecule has 0 aliphatic rings. The van der Waals surface area contributed by atoms with E-state index in [2.05, 4.69) is 9.97 Å². The smallest absolute Gasteiger partial charge is 0.241 e. The lowest BCUT2D eigenvalue weighted by molar-refractivity contribution is 0.453. The predicted octanol–water partition coefficient (Wildman–Crippen LogP) is 4.52. The monoisotopic (exact) mass is 288 g/mol. The summed E-state index contributed by atoms with van der Waals surface area (Å²) in [5.41, 5.74) is 2.15. The molecule has 5 heteroatoms. The van der Waals surface area contributed by atoms with Crippen molar-refractivity contribution in [3.8, 4) is 11.6 Å². The number of hydrogen-bond donors (Lipinski definition) is 0. The first-order chi connectivity index (χ1) is 9.63. The Hall–Kier alpha value is -2.20. The van der Waals surface area contributed by atoms with Crippen LogP contribution in [-0.2, 0) is 0 Å². The van der Waals surface area contributed by atoms with Crippen LogP contribution >= 0.6 is 11.6 Å². The number of nitrogens with zero attached hydrogens (tertiary/aromatic N) is 2. The van der Waals surface area contributed by atoms with E-state index in [0.717, 1.165) is 11.0 Å². The first-order valence-electron chi connectivity index (χ1n) is 6.00. The molecule has 2 aromatic carbocycles. The molecule has 0 N–H and O–H groups in total. The van der Waals surface area contributed by atoms with Gasteiger partial charge in [-0.3, -0.25) is 0 Å². The van der Waals surface area contributed by atoms with Crippen molar-refractivity contribution in [1.82, 2.24) is 9.97 Å². The van der Waals surface area contributed by atoms with Gasteiger partial charge in [0.25, 0.3) is 0 Å². The summed E-state index contributed by atoms with van der Waals surface area (Å²) in [4.78, 5) is 8.79. The average molecular weight is 289 g/mol. The third-order valence-electron chi connectivity index (χ3n) is 2.81. The fourth-order valence-corrected chi connectivity index (χ4v) is 1.94. The van der Waals surface area contributed by atoms with Crippen LogP contribution in [0.1, 0.15) is 5.69 Å². The first-order valence-corrected chi connectivity index (χ1v) is 6.37. The molecule has 0 aliphatic carbocycles. The summed E-state index contributed by atoms with van der Waals surface area (Å²) >= 11 is 5.63. The Bertz CT molecular complexity index is 792. The van der Waals surface area contributed by atoms with Gasteiger partial charge in [0, 0.05) is 6.07 Å². The second-order valence-corrected chi connectivity index (χ2v) is 4.69. The Kier molecular flexibility index (Phi) is 3.24. The van der Waals surface area contributed by atoms with Crippen LogP contribution in [0.15, 0.2) is 42.5 Å². The summed E-state index contributed by atoms with van der Waals surface area (Å²) in [5, 5.41) is 0.0543. The molecule has 0 fully saturated rings. The molecule has 0 radical (unpaired) electrons. The summed E-state index contributed by atoms with van der Waals surface area (Å²) in [6, 6.07) is 11.7. The highest BCUT2D eigenvalue weighted by atomic mass is 35.5. The van der Waals surface area contributed by atoms with Crippen LogP contribution in [0.2, 0.25) is 5.02 Å². The fourth-order valence-electron chi connectivity index (χ4n) is 1.82. The molecule has 0 aliphatic heterocycles. The number of benzene rings is 2. The van der Waals surface area contributed by atoms with Crippen molar-refractivity contribution >= 4 is 22.6 Å². The lowest BCUT2D eigenvalue weighted by Gasteiger charge is -2.08. The number of hydrogen-bond acceptors (Lipinski definition) is 3. The molecule has 0 saturated heterocycles. The van der Waals surface area contributed by atoms with Gasteiger partial charge in [0.15, 0.2) is 0 Å². The van der Waals surface area contributed by atoms with Crippen LogP contribution in [-0.4, -0.2) is 9.97 Å². The van der Waals surface area contributed by atoms with Crippen LogP contribution in [0.3, 0.4) is 0 Å². The topological polar surface area (TPSA) is 35.0 Å². The second kappa shape index (κ2) is 5.06. The van der Waals surface area contributed by atoms with Gasteiger partial charge in [-0.15, -0.1) is 0 Å². The van der Waals surface area contributed by atoms with Crippen LogP contribution in [0.4, 0.5) is 4.39 Å². The third-order valence-corrected chi connectivity index (χ3v) is 3.11.